The van der Waals surface area contributed by atoms with E-state index in [1.165, 1.54) is 0 Å². The molecule has 35 heavy (non-hydrogen) atoms. The zero-order chi connectivity index (χ0) is 24.2. The highest BCUT2D eigenvalue weighted by Gasteiger charge is 2.26. The summed E-state index contributed by atoms with van der Waals surface area (Å²) in [6.07, 6.45) is 6.03. The molecule has 4 aromatic rings. The van der Waals surface area contributed by atoms with Gasteiger partial charge in [-0.25, -0.2) is 9.78 Å². The van der Waals surface area contributed by atoms with Crippen molar-refractivity contribution in [1.82, 2.24) is 25.4 Å². The number of carbonyl (C=O) groups excluding carboxylic acids is 1. The minimum Gasteiger partial charge on any atom is -0.465 e. The highest BCUT2D eigenvalue weighted by molar-refractivity contribution is 5.92. The smallest absolute Gasteiger partial charge is 0.411 e. The number of fused-ring (bicyclic) bond motifs is 1. The molecule has 3 N–H and O–H groups in total. The Morgan fingerprint density at radius 2 is 2.06 bits per heavy atom. The number of piperidine rings is 1. The maximum absolute atomic E-state index is 11.9. The lowest BCUT2D eigenvalue weighted by molar-refractivity contribution is -0.125. The van der Waals surface area contributed by atoms with E-state index in [2.05, 4.69) is 20.1 Å². The number of nitrogens with one attached hydrogen (secondary N) is 2. The number of pyridine rings is 1. The van der Waals surface area contributed by atoms with Crippen LogP contribution in [0.4, 0.5) is 4.79 Å². The van der Waals surface area contributed by atoms with Gasteiger partial charge in [0.15, 0.2) is 0 Å². The van der Waals surface area contributed by atoms with Crippen LogP contribution >= 0.6 is 0 Å². The van der Waals surface area contributed by atoms with Crippen molar-refractivity contribution >= 4 is 23.0 Å². The Labute approximate surface area is 200 Å². The predicted molar refractivity (Wildman–Crippen MR) is 127 cm³/mol. The summed E-state index contributed by atoms with van der Waals surface area (Å²) in [5.41, 5.74) is 3.67. The Hall–Kier alpha value is -4.18. The third-order valence-electron chi connectivity index (χ3n) is 6.28. The predicted octanol–water partition coefficient (Wildman–Crippen LogP) is 4.06. The van der Waals surface area contributed by atoms with Crippen LogP contribution in [-0.2, 0) is 11.2 Å². The Kier molecular flexibility index (Phi) is 6.44. The van der Waals surface area contributed by atoms with E-state index in [0.29, 0.717) is 24.5 Å². The Morgan fingerprint density at radius 1 is 1.20 bits per heavy atom. The molecule has 0 radical (unpaired) electrons. The molecule has 0 spiro atoms. The van der Waals surface area contributed by atoms with Crippen LogP contribution in [0.1, 0.15) is 18.4 Å². The van der Waals surface area contributed by atoms with Crippen molar-refractivity contribution in [3.05, 3.63) is 60.6 Å². The average Bonchev–Trinajstić information content (AvgIpc) is 3.53. The third kappa shape index (κ3) is 5.33. The number of rotatable bonds is 7. The number of carbonyl (C=O) groups is 2. The second kappa shape index (κ2) is 9.98. The molecule has 0 atom stereocenters. The molecule has 1 fully saturated rings. The van der Waals surface area contributed by atoms with Gasteiger partial charge >= 0.3 is 6.09 Å². The van der Waals surface area contributed by atoms with Crippen molar-refractivity contribution in [2.75, 3.05) is 19.6 Å². The van der Waals surface area contributed by atoms with Crippen molar-refractivity contribution in [2.45, 2.75) is 19.3 Å². The third-order valence-corrected chi connectivity index (χ3v) is 6.28. The number of hydrogen-bond acceptors (Lipinski definition) is 7. The van der Waals surface area contributed by atoms with E-state index >= 15 is 0 Å². The molecule has 180 valence electrons. The van der Waals surface area contributed by atoms with Crippen LogP contribution in [0.3, 0.4) is 0 Å². The molecule has 2 amide bonds. The maximum atomic E-state index is 11.9. The number of H-pyrrole nitrogens is 1. The number of imide groups is 1. The lowest BCUT2D eigenvalue weighted by atomic mass is 9.95. The van der Waals surface area contributed by atoms with Crippen LogP contribution in [0, 0.1) is 5.92 Å². The Bertz CT molecular complexity index is 1310. The number of likely N-dealkylation sites (tertiary alicyclic amines) is 1. The second-order valence-corrected chi connectivity index (χ2v) is 8.54. The minimum absolute atomic E-state index is 0.244. The van der Waals surface area contributed by atoms with Crippen LogP contribution in [0.15, 0.2) is 59.5 Å². The van der Waals surface area contributed by atoms with Crippen LogP contribution < -0.4 is 10.1 Å². The van der Waals surface area contributed by atoms with E-state index in [4.69, 9.17) is 14.3 Å². The first kappa shape index (κ1) is 22.6. The number of nitrogens with zero attached hydrogens (tertiary/aromatic N) is 3. The van der Waals surface area contributed by atoms with Crippen LogP contribution in [-0.4, -0.2) is 56.8 Å². The zero-order valence-electron chi connectivity index (χ0n) is 18.9. The molecule has 5 rings (SSSR count). The van der Waals surface area contributed by atoms with Crippen molar-refractivity contribution in [3.63, 3.8) is 0 Å². The number of benzene rings is 1. The van der Waals surface area contributed by atoms with Gasteiger partial charge in [0.25, 0.3) is 0 Å². The Balaban J connectivity index is 1.16. The van der Waals surface area contributed by atoms with E-state index < -0.39 is 12.0 Å². The van der Waals surface area contributed by atoms with Crippen LogP contribution in [0.5, 0.6) is 11.6 Å². The molecule has 1 aliphatic heterocycles. The topological polar surface area (TPSA) is 134 Å². The van der Waals surface area contributed by atoms with Gasteiger partial charge in [0.2, 0.25) is 11.8 Å². The fourth-order valence-electron chi connectivity index (χ4n) is 4.36. The SMILES string of the molecule is O=C(O)NC(=O)C1CCN(CCc2coc3cc(Oc4ccc(-c5ccn[nH]5)cn4)ccc23)CC1. The van der Waals surface area contributed by atoms with Gasteiger partial charge in [-0.3, -0.25) is 15.2 Å². The molecule has 1 aromatic carbocycles. The summed E-state index contributed by atoms with van der Waals surface area (Å²) >= 11 is 0. The summed E-state index contributed by atoms with van der Waals surface area (Å²) in [5.74, 6) is 0.480. The van der Waals surface area contributed by atoms with Gasteiger partial charge in [0.1, 0.15) is 11.3 Å². The lowest BCUT2D eigenvalue weighted by Crippen LogP contribution is -2.42. The normalized spacial score (nSPS) is 14.7. The highest BCUT2D eigenvalue weighted by Crippen LogP contribution is 2.29. The summed E-state index contributed by atoms with van der Waals surface area (Å²) in [7, 11) is 0. The monoisotopic (exact) mass is 475 g/mol. The first-order valence-electron chi connectivity index (χ1n) is 11.4. The van der Waals surface area contributed by atoms with Gasteiger partial charge in [-0.15, -0.1) is 0 Å². The van der Waals surface area contributed by atoms with Gasteiger partial charge in [-0.1, -0.05) is 0 Å². The van der Waals surface area contributed by atoms with Gasteiger partial charge < -0.3 is 19.2 Å². The molecule has 1 aliphatic rings. The van der Waals surface area contributed by atoms with Gasteiger partial charge in [0, 0.05) is 47.9 Å². The zero-order valence-corrected chi connectivity index (χ0v) is 18.9. The maximum Gasteiger partial charge on any atom is 0.411 e. The molecule has 10 heteroatoms. The van der Waals surface area contributed by atoms with Crippen LogP contribution in [0.25, 0.3) is 22.2 Å². The van der Waals surface area contributed by atoms with E-state index in [1.54, 1.807) is 18.7 Å². The Morgan fingerprint density at radius 3 is 2.77 bits per heavy atom. The number of furan rings is 1. The number of hydrogen-bond donors (Lipinski definition) is 3. The quantitative estimate of drug-likeness (QED) is 0.364. The largest absolute Gasteiger partial charge is 0.465 e. The summed E-state index contributed by atoms with van der Waals surface area (Å²) in [6, 6.07) is 11.4. The minimum atomic E-state index is -1.29. The van der Waals surface area contributed by atoms with Crippen molar-refractivity contribution in [2.24, 2.45) is 5.92 Å². The van der Waals surface area contributed by atoms with Crippen molar-refractivity contribution in [3.8, 4) is 22.9 Å². The van der Waals surface area contributed by atoms with Gasteiger partial charge in [-0.2, -0.15) is 5.10 Å². The summed E-state index contributed by atoms with van der Waals surface area (Å²) in [5, 5.41) is 18.6. The molecule has 0 saturated carbocycles. The number of aromatic nitrogens is 3. The molecule has 0 aliphatic carbocycles. The van der Waals surface area contributed by atoms with E-state index in [0.717, 1.165) is 53.8 Å². The highest BCUT2D eigenvalue weighted by atomic mass is 16.5. The fraction of sp³-hybridized carbons (Fsp3) is 0.280. The van der Waals surface area contributed by atoms with Crippen molar-refractivity contribution < 1.29 is 23.8 Å². The average molecular weight is 476 g/mol. The number of ether oxygens (including phenoxy) is 1. The summed E-state index contributed by atoms with van der Waals surface area (Å²) in [6.45, 7) is 2.36. The molecule has 1 saturated heterocycles. The number of carboxylic acid groups (broad SMARTS) is 1. The van der Waals surface area contributed by atoms with Gasteiger partial charge in [0.05, 0.1) is 12.0 Å². The van der Waals surface area contributed by atoms with Gasteiger partial charge in [-0.05, 0) is 62.2 Å². The first-order valence-corrected chi connectivity index (χ1v) is 11.4. The van der Waals surface area contributed by atoms with E-state index in [-0.39, 0.29) is 5.92 Å². The summed E-state index contributed by atoms with van der Waals surface area (Å²) in [4.78, 5) is 29.2. The standard InChI is InChI=1S/C25H25N5O5/c31-24(28-25(32)33)16-6-10-30(11-7-16)12-8-18-15-34-22-13-19(2-3-20(18)22)35-23-4-1-17(14-26-23)21-5-9-27-29-21/h1-5,9,13-16H,6-8,10-12H2,(H,27,29)(H,28,31)(H,32,33). The second-order valence-electron chi connectivity index (χ2n) is 8.54. The first-order chi connectivity index (χ1) is 17.0. The molecule has 4 heterocycles. The molecule has 0 unspecified atom stereocenters. The molecular formula is C25H25N5O5. The summed E-state index contributed by atoms with van der Waals surface area (Å²) < 4.78 is 11.7. The molecule has 3 aromatic heterocycles. The van der Waals surface area contributed by atoms with Crippen LogP contribution in [0.2, 0.25) is 0 Å². The van der Waals surface area contributed by atoms with E-state index in [1.807, 2.05) is 41.7 Å². The molecule has 0 bridgehead atoms. The fourth-order valence-corrected chi connectivity index (χ4v) is 4.36. The molecule has 10 nitrogen and oxygen atoms in total. The van der Waals surface area contributed by atoms with Crippen molar-refractivity contribution in [1.29, 1.82) is 0 Å². The molecular weight excluding hydrogens is 450 g/mol. The number of amides is 2. The number of aromatic amines is 1. The van der Waals surface area contributed by atoms with E-state index in [9.17, 15) is 9.59 Å². The lowest BCUT2D eigenvalue weighted by Gasteiger charge is -2.30.